The van der Waals surface area contributed by atoms with Crippen LogP contribution in [0.25, 0.3) is 0 Å². The number of hydrogen-bond donors (Lipinski definition) is 1. The Balaban J connectivity index is 2.01. The lowest BCUT2D eigenvalue weighted by atomic mass is 9.98. The molecular formula is C20H21N3O. The fraction of sp³-hybridized carbons (Fsp3) is 0.200. The smallest absolute Gasteiger partial charge is 0.149 e. The van der Waals surface area contributed by atoms with E-state index < -0.39 is 0 Å². The summed E-state index contributed by atoms with van der Waals surface area (Å²) in [7, 11) is 0. The summed E-state index contributed by atoms with van der Waals surface area (Å²) in [5, 5.41) is 16.9. The van der Waals surface area contributed by atoms with Crippen LogP contribution in [-0.4, -0.2) is 21.8 Å². The molecule has 1 aromatic heterocycles. The third-order valence-corrected chi connectivity index (χ3v) is 4.09. The molecule has 4 heteroatoms. The van der Waals surface area contributed by atoms with Crippen molar-refractivity contribution in [2.24, 2.45) is 5.10 Å². The molecule has 0 aliphatic carbocycles. The van der Waals surface area contributed by atoms with Crippen LogP contribution in [0.2, 0.25) is 0 Å². The molecule has 122 valence electrons. The molecule has 1 aliphatic rings. The van der Waals surface area contributed by atoms with Crippen LogP contribution in [0.5, 0.6) is 5.75 Å². The third-order valence-electron chi connectivity index (χ3n) is 4.09. The van der Waals surface area contributed by atoms with E-state index in [-0.39, 0.29) is 11.8 Å². The quantitative estimate of drug-likeness (QED) is 0.855. The van der Waals surface area contributed by atoms with Crippen molar-refractivity contribution in [2.45, 2.75) is 26.3 Å². The highest BCUT2D eigenvalue weighted by atomic mass is 16.3. The highest BCUT2D eigenvalue weighted by molar-refractivity contribution is 6.05. The van der Waals surface area contributed by atoms with Gasteiger partial charge in [-0.15, -0.1) is 0 Å². The summed E-state index contributed by atoms with van der Waals surface area (Å²) in [5.74, 6) is 1.06. The van der Waals surface area contributed by atoms with Crippen LogP contribution in [-0.2, 0) is 0 Å². The van der Waals surface area contributed by atoms with Crippen LogP contribution < -0.4 is 5.01 Å². The molecule has 0 fully saturated rings. The Morgan fingerprint density at radius 3 is 2.71 bits per heavy atom. The molecule has 2 heterocycles. The predicted molar refractivity (Wildman–Crippen MR) is 98.3 cm³/mol. The number of aromatic nitrogens is 1. The van der Waals surface area contributed by atoms with Crippen molar-refractivity contribution in [1.29, 1.82) is 0 Å². The fourth-order valence-electron chi connectivity index (χ4n) is 2.80. The van der Waals surface area contributed by atoms with Crippen LogP contribution in [0.4, 0.5) is 5.82 Å². The van der Waals surface area contributed by atoms with Crippen molar-refractivity contribution >= 4 is 11.5 Å². The Kier molecular flexibility index (Phi) is 4.75. The number of hydrazone groups is 1. The number of anilines is 1. The predicted octanol–water partition coefficient (Wildman–Crippen LogP) is 4.29. The molecule has 1 aromatic carbocycles. The summed E-state index contributed by atoms with van der Waals surface area (Å²) in [6, 6.07) is 13.2. The standard InChI is InChI=1S/C20H21N3O/c1-3-4-9-15(2)18-14-17(16-10-5-6-11-19(16)24)22-23(18)20-12-7-8-13-21-20/h3-13,18,24H,14H2,1-2H3/b4-3-,15-9+. The number of allylic oxidation sites excluding steroid dienone is 3. The van der Waals surface area contributed by atoms with E-state index in [1.165, 1.54) is 5.57 Å². The lowest BCUT2D eigenvalue weighted by molar-refractivity contribution is 0.474. The highest BCUT2D eigenvalue weighted by Crippen LogP contribution is 2.31. The van der Waals surface area contributed by atoms with Gasteiger partial charge in [0.1, 0.15) is 11.6 Å². The molecule has 0 amide bonds. The second kappa shape index (κ2) is 7.13. The SMILES string of the molecule is C/C=C\C=C(/C)C1CC(c2ccccc2O)=NN1c1ccccn1. The number of nitrogens with zero attached hydrogens (tertiary/aromatic N) is 3. The van der Waals surface area contributed by atoms with E-state index in [1.54, 1.807) is 12.3 Å². The maximum atomic E-state index is 10.2. The number of phenolic OH excluding ortho intramolecular Hbond substituents is 1. The van der Waals surface area contributed by atoms with Crippen LogP contribution in [0.3, 0.4) is 0 Å². The van der Waals surface area contributed by atoms with Crippen molar-refractivity contribution in [3.8, 4) is 5.75 Å². The van der Waals surface area contributed by atoms with Crippen molar-refractivity contribution in [2.75, 3.05) is 5.01 Å². The largest absolute Gasteiger partial charge is 0.507 e. The highest BCUT2D eigenvalue weighted by Gasteiger charge is 2.31. The molecule has 0 saturated heterocycles. The Hall–Kier alpha value is -2.88. The molecular weight excluding hydrogens is 298 g/mol. The van der Waals surface area contributed by atoms with Crippen molar-refractivity contribution in [3.05, 3.63) is 78.0 Å². The molecule has 1 atom stereocenters. The zero-order valence-electron chi connectivity index (χ0n) is 13.9. The second-order valence-electron chi connectivity index (χ2n) is 5.75. The minimum Gasteiger partial charge on any atom is -0.507 e. The van der Waals surface area contributed by atoms with E-state index in [0.717, 1.165) is 23.5 Å². The first kappa shape index (κ1) is 16.0. The zero-order valence-corrected chi connectivity index (χ0v) is 13.9. The van der Waals surface area contributed by atoms with Gasteiger partial charge in [0.25, 0.3) is 0 Å². The van der Waals surface area contributed by atoms with Gasteiger partial charge in [0.15, 0.2) is 0 Å². The third kappa shape index (κ3) is 3.23. The van der Waals surface area contributed by atoms with Gasteiger partial charge in [-0.1, -0.05) is 36.4 Å². The Bertz CT molecular complexity index is 794. The molecule has 2 aromatic rings. The lowest BCUT2D eigenvalue weighted by Crippen LogP contribution is -2.28. The van der Waals surface area contributed by atoms with Crippen molar-refractivity contribution in [1.82, 2.24) is 4.98 Å². The van der Waals surface area contributed by atoms with Gasteiger partial charge in [0.2, 0.25) is 0 Å². The average Bonchev–Trinajstić information content (AvgIpc) is 3.06. The van der Waals surface area contributed by atoms with Crippen LogP contribution in [0.1, 0.15) is 25.8 Å². The number of para-hydroxylation sites is 1. The van der Waals surface area contributed by atoms with E-state index in [2.05, 4.69) is 18.0 Å². The molecule has 1 unspecified atom stereocenters. The number of hydrogen-bond acceptors (Lipinski definition) is 4. The van der Waals surface area contributed by atoms with Crippen molar-refractivity contribution < 1.29 is 5.11 Å². The Labute approximate surface area is 142 Å². The topological polar surface area (TPSA) is 48.7 Å². The van der Waals surface area contributed by atoms with Gasteiger partial charge in [-0.25, -0.2) is 9.99 Å². The first-order valence-corrected chi connectivity index (χ1v) is 8.06. The molecule has 1 N–H and O–H groups in total. The van der Waals surface area contributed by atoms with E-state index in [9.17, 15) is 5.11 Å². The fourth-order valence-corrected chi connectivity index (χ4v) is 2.80. The Morgan fingerprint density at radius 1 is 1.21 bits per heavy atom. The molecule has 0 spiro atoms. The van der Waals surface area contributed by atoms with Crippen LogP contribution in [0.15, 0.2) is 77.6 Å². The van der Waals surface area contributed by atoms with Gasteiger partial charge in [-0.2, -0.15) is 5.10 Å². The minimum atomic E-state index is 0.0886. The summed E-state index contributed by atoms with van der Waals surface area (Å²) < 4.78 is 0. The van der Waals surface area contributed by atoms with Gasteiger partial charge < -0.3 is 5.11 Å². The van der Waals surface area contributed by atoms with Crippen molar-refractivity contribution in [3.63, 3.8) is 0 Å². The maximum absolute atomic E-state index is 10.2. The average molecular weight is 319 g/mol. The molecule has 0 saturated carbocycles. The number of benzene rings is 1. The lowest BCUT2D eigenvalue weighted by Gasteiger charge is -2.23. The normalized spacial score (nSPS) is 18.2. The molecule has 0 bridgehead atoms. The summed E-state index contributed by atoms with van der Waals surface area (Å²) >= 11 is 0. The Morgan fingerprint density at radius 2 is 2.00 bits per heavy atom. The molecule has 4 nitrogen and oxygen atoms in total. The molecule has 3 rings (SSSR count). The number of phenols is 1. The first-order valence-electron chi connectivity index (χ1n) is 8.06. The van der Waals surface area contributed by atoms with Crippen LogP contribution >= 0.6 is 0 Å². The summed E-state index contributed by atoms with van der Waals surface area (Å²) in [6.07, 6.45) is 8.64. The van der Waals surface area contributed by atoms with Gasteiger partial charge in [0.05, 0.1) is 11.8 Å². The number of rotatable bonds is 4. The molecule has 24 heavy (non-hydrogen) atoms. The van der Waals surface area contributed by atoms with Gasteiger partial charge in [-0.3, -0.25) is 0 Å². The van der Waals surface area contributed by atoms with Gasteiger partial charge >= 0.3 is 0 Å². The van der Waals surface area contributed by atoms with Gasteiger partial charge in [0, 0.05) is 18.2 Å². The van der Waals surface area contributed by atoms with Crippen LogP contribution in [0, 0.1) is 0 Å². The number of aromatic hydroxyl groups is 1. The van der Waals surface area contributed by atoms with E-state index in [4.69, 9.17) is 5.10 Å². The number of pyridine rings is 1. The van der Waals surface area contributed by atoms with E-state index in [1.807, 2.05) is 60.5 Å². The van der Waals surface area contributed by atoms with Gasteiger partial charge in [-0.05, 0) is 43.7 Å². The van der Waals surface area contributed by atoms with E-state index >= 15 is 0 Å². The van der Waals surface area contributed by atoms with E-state index in [0.29, 0.717) is 0 Å². The minimum absolute atomic E-state index is 0.0886. The monoisotopic (exact) mass is 319 g/mol. The zero-order chi connectivity index (χ0) is 16.9. The molecule has 1 aliphatic heterocycles. The maximum Gasteiger partial charge on any atom is 0.149 e. The first-order chi connectivity index (χ1) is 11.7. The second-order valence-corrected chi connectivity index (χ2v) is 5.75. The summed E-state index contributed by atoms with van der Waals surface area (Å²) in [6.45, 7) is 4.10. The molecule has 0 radical (unpaired) electrons. The summed E-state index contributed by atoms with van der Waals surface area (Å²) in [5.41, 5.74) is 2.85. The summed E-state index contributed by atoms with van der Waals surface area (Å²) in [4.78, 5) is 4.44.